The molecular formula is C14H21N7O5. The number of H-pyrrole nitrogens is 1. The number of carbonyl (C=O) groups excluding carboxylic acids is 5. The summed E-state index contributed by atoms with van der Waals surface area (Å²) in [5.41, 5.74) is 5.56. The van der Waals surface area contributed by atoms with Gasteiger partial charge in [-0.05, 0) is 0 Å². The van der Waals surface area contributed by atoms with Crippen LogP contribution in [0.4, 0.5) is 0 Å². The molecule has 1 aromatic rings. The minimum Gasteiger partial charge on any atom is -0.368 e. The highest BCUT2D eigenvalue weighted by atomic mass is 16.2. The second-order valence-corrected chi connectivity index (χ2v) is 5.27. The summed E-state index contributed by atoms with van der Waals surface area (Å²) in [5, 5.41) is 9.33. The first-order valence-electron chi connectivity index (χ1n) is 7.61. The highest BCUT2D eigenvalue weighted by Crippen LogP contribution is 1.99. The van der Waals surface area contributed by atoms with Crippen LogP contribution in [0, 0.1) is 0 Å². The second kappa shape index (κ2) is 10.4. The third-order valence-corrected chi connectivity index (χ3v) is 3.01. The summed E-state index contributed by atoms with van der Waals surface area (Å²) in [7, 11) is 0. The fraction of sp³-hybridized carbons (Fsp3) is 0.429. The number of nitrogens with two attached hydrogens (primary N) is 1. The fourth-order valence-corrected chi connectivity index (χ4v) is 1.81. The smallest absolute Gasteiger partial charge is 0.243 e. The number of imidazole rings is 1. The van der Waals surface area contributed by atoms with Crippen molar-refractivity contribution in [1.29, 1.82) is 0 Å². The quantitative estimate of drug-likeness (QED) is 0.247. The van der Waals surface area contributed by atoms with Crippen LogP contribution in [0.25, 0.3) is 0 Å². The molecule has 1 aromatic heterocycles. The Morgan fingerprint density at radius 3 is 2.35 bits per heavy atom. The van der Waals surface area contributed by atoms with Crippen LogP contribution < -0.4 is 27.0 Å². The Labute approximate surface area is 148 Å². The van der Waals surface area contributed by atoms with Gasteiger partial charge in [0.15, 0.2) is 0 Å². The molecule has 0 aliphatic heterocycles. The molecule has 7 N–H and O–H groups in total. The van der Waals surface area contributed by atoms with E-state index in [1.165, 1.54) is 19.4 Å². The number of carbonyl (C=O) groups is 5. The molecule has 0 bridgehead atoms. The largest absolute Gasteiger partial charge is 0.368 e. The van der Waals surface area contributed by atoms with E-state index >= 15 is 0 Å². The van der Waals surface area contributed by atoms with Gasteiger partial charge in [0.25, 0.3) is 0 Å². The minimum atomic E-state index is -1.01. The van der Waals surface area contributed by atoms with Gasteiger partial charge in [-0.2, -0.15) is 0 Å². The van der Waals surface area contributed by atoms with Crippen molar-refractivity contribution in [3.8, 4) is 0 Å². The van der Waals surface area contributed by atoms with Crippen LogP contribution in [0.1, 0.15) is 12.6 Å². The number of hydrogen-bond donors (Lipinski definition) is 6. The van der Waals surface area contributed by atoms with Crippen molar-refractivity contribution >= 4 is 29.5 Å². The number of nitrogens with zero attached hydrogens (tertiary/aromatic N) is 1. The van der Waals surface area contributed by atoms with Gasteiger partial charge in [0.2, 0.25) is 29.5 Å². The predicted octanol–water partition coefficient (Wildman–Crippen LogP) is -3.71. The molecule has 0 spiro atoms. The summed E-state index contributed by atoms with van der Waals surface area (Å²) in [6.45, 7) is 0.229. The van der Waals surface area contributed by atoms with Gasteiger partial charge in [0.05, 0.1) is 26.0 Å². The zero-order chi connectivity index (χ0) is 19.5. The van der Waals surface area contributed by atoms with E-state index < -0.39 is 29.7 Å². The normalized spacial score (nSPS) is 11.1. The van der Waals surface area contributed by atoms with Crippen LogP contribution in [0.15, 0.2) is 12.5 Å². The molecule has 142 valence electrons. The third-order valence-electron chi connectivity index (χ3n) is 3.01. The maximum absolute atomic E-state index is 12.1. The minimum absolute atomic E-state index is 0.0934. The lowest BCUT2D eigenvalue weighted by Gasteiger charge is -2.17. The van der Waals surface area contributed by atoms with Crippen molar-refractivity contribution in [2.24, 2.45) is 5.73 Å². The zero-order valence-electron chi connectivity index (χ0n) is 14.1. The molecule has 0 aliphatic rings. The van der Waals surface area contributed by atoms with E-state index in [-0.39, 0.29) is 32.0 Å². The summed E-state index contributed by atoms with van der Waals surface area (Å²) in [4.78, 5) is 63.6. The van der Waals surface area contributed by atoms with E-state index in [0.29, 0.717) is 5.69 Å². The first-order chi connectivity index (χ1) is 12.3. The van der Waals surface area contributed by atoms with E-state index in [4.69, 9.17) is 5.73 Å². The summed E-state index contributed by atoms with van der Waals surface area (Å²) in [6.07, 6.45) is 2.99. The maximum atomic E-state index is 12.1. The van der Waals surface area contributed by atoms with Crippen LogP contribution in [0.2, 0.25) is 0 Å². The number of primary amides is 1. The van der Waals surface area contributed by atoms with Gasteiger partial charge in [-0.25, -0.2) is 4.98 Å². The standard InChI is InChI=1S/C14H21N7O5/c1-8(22)17-5-12(24)18-6-13(25)21-10(2-9-3-16-7-20-9)14(26)19-4-11(15)23/h3,7,10H,2,4-6H2,1H3,(H2,15,23)(H,16,20)(H,17,22)(H,18,24)(H,19,26)(H,21,25)/t10-/m0/s1. The maximum Gasteiger partial charge on any atom is 0.243 e. The van der Waals surface area contributed by atoms with Crippen molar-refractivity contribution in [3.63, 3.8) is 0 Å². The Morgan fingerprint density at radius 2 is 1.77 bits per heavy atom. The molecule has 0 radical (unpaired) electrons. The molecule has 0 saturated heterocycles. The first-order valence-corrected chi connectivity index (χ1v) is 7.61. The van der Waals surface area contributed by atoms with Crippen molar-refractivity contribution in [2.45, 2.75) is 19.4 Å². The van der Waals surface area contributed by atoms with Crippen LogP contribution in [0.3, 0.4) is 0 Å². The summed E-state index contributed by atoms with van der Waals surface area (Å²) >= 11 is 0. The molecule has 1 rings (SSSR count). The zero-order valence-corrected chi connectivity index (χ0v) is 14.1. The molecule has 26 heavy (non-hydrogen) atoms. The van der Waals surface area contributed by atoms with Crippen LogP contribution in [0.5, 0.6) is 0 Å². The average molecular weight is 367 g/mol. The van der Waals surface area contributed by atoms with Gasteiger partial charge in [-0.15, -0.1) is 0 Å². The Bertz CT molecular complexity index is 659. The predicted molar refractivity (Wildman–Crippen MR) is 88.1 cm³/mol. The second-order valence-electron chi connectivity index (χ2n) is 5.27. The lowest BCUT2D eigenvalue weighted by molar-refractivity contribution is -0.130. The fourth-order valence-electron chi connectivity index (χ4n) is 1.81. The number of hydrogen-bond acceptors (Lipinski definition) is 6. The van der Waals surface area contributed by atoms with E-state index in [1.807, 2.05) is 0 Å². The van der Waals surface area contributed by atoms with Crippen molar-refractivity contribution in [3.05, 3.63) is 18.2 Å². The molecule has 0 fully saturated rings. The van der Waals surface area contributed by atoms with Gasteiger partial charge in [0.1, 0.15) is 6.04 Å². The number of amides is 5. The Balaban J connectivity index is 2.56. The van der Waals surface area contributed by atoms with Crippen LogP contribution >= 0.6 is 0 Å². The topological polar surface area (TPSA) is 188 Å². The number of aromatic nitrogens is 2. The van der Waals surface area contributed by atoms with E-state index in [1.54, 1.807) is 0 Å². The lowest BCUT2D eigenvalue weighted by atomic mass is 10.1. The van der Waals surface area contributed by atoms with Gasteiger partial charge in [-0.1, -0.05) is 0 Å². The SMILES string of the molecule is CC(=O)NCC(=O)NCC(=O)N[C@@H](Cc1cnc[nH]1)C(=O)NCC(N)=O. The number of aromatic amines is 1. The summed E-state index contributed by atoms with van der Waals surface area (Å²) in [5.74, 6) is -2.90. The third kappa shape index (κ3) is 8.42. The molecule has 1 heterocycles. The first kappa shape index (κ1) is 20.6. The number of rotatable bonds is 10. The Hall–Kier alpha value is -3.44. The molecule has 0 saturated carbocycles. The van der Waals surface area contributed by atoms with Crippen molar-refractivity contribution in [1.82, 2.24) is 31.2 Å². The monoisotopic (exact) mass is 367 g/mol. The number of nitrogens with one attached hydrogen (secondary N) is 5. The summed E-state index contributed by atoms with van der Waals surface area (Å²) < 4.78 is 0. The van der Waals surface area contributed by atoms with Crippen LogP contribution in [-0.4, -0.2) is 65.2 Å². The van der Waals surface area contributed by atoms with E-state index in [2.05, 4.69) is 31.2 Å². The Morgan fingerprint density at radius 1 is 1.08 bits per heavy atom. The Kier molecular flexibility index (Phi) is 8.27. The molecule has 12 nitrogen and oxygen atoms in total. The molecule has 0 aliphatic carbocycles. The summed E-state index contributed by atoms with van der Waals surface area (Å²) in [6, 6.07) is -1.01. The average Bonchev–Trinajstić information content (AvgIpc) is 3.08. The van der Waals surface area contributed by atoms with Gasteiger partial charge < -0.3 is 32.0 Å². The van der Waals surface area contributed by atoms with Crippen LogP contribution in [-0.2, 0) is 30.4 Å². The highest BCUT2D eigenvalue weighted by molar-refractivity contribution is 5.92. The molecule has 5 amide bonds. The van der Waals surface area contributed by atoms with Gasteiger partial charge in [-0.3, -0.25) is 24.0 Å². The van der Waals surface area contributed by atoms with Crippen molar-refractivity contribution in [2.75, 3.05) is 19.6 Å². The van der Waals surface area contributed by atoms with E-state index in [0.717, 1.165) is 0 Å². The van der Waals surface area contributed by atoms with Crippen molar-refractivity contribution < 1.29 is 24.0 Å². The van der Waals surface area contributed by atoms with Gasteiger partial charge in [0, 0.05) is 25.2 Å². The lowest BCUT2D eigenvalue weighted by Crippen LogP contribution is -2.52. The van der Waals surface area contributed by atoms with E-state index in [9.17, 15) is 24.0 Å². The molecular weight excluding hydrogens is 346 g/mol. The highest BCUT2D eigenvalue weighted by Gasteiger charge is 2.22. The molecule has 0 unspecified atom stereocenters. The molecule has 12 heteroatoms. The molecule has 1 atom stereocenters. The van der Waals surface area contributed by atoms with Gasteiger partial charge >= 0.3 is 0 Å². The molecule has 0 aromatic carbocycles.